The molecule has 1 saturated heterocycles. The van der Waals surface area contributed by atoms with Crippen molar-refractivity contribution in [1.29, 1.82) is 0 Å². The van der Waals surface area contributed by atoms with Gasteiger partial charge in [-0.15, -0.1) is 0 Å². The van der Waals surface area contributed by atoms with E-state index < -0.39 is 18.4 Å². The number of nitrogens with one attached hydrogen (secondary N) is 3. The van der Waals surface area contributed by atoms with Gasteiger partial charge in [-0.25, -0.2) is 19.7 Å². The molecule has 4 rings (SSSR count). The number of urea groups is 1. The Hall–Kier alpha value is -4.74. The molecule has 0 spiro atoms. The van der Waals surface area contributed by atoms with Gasteiger partial charge in [0.05, 0.1) is 5.69 Å². The average molecular weight is 562 g/mol. The topological polar surface area (TPSA) is 170 Å². The van der Waals surface area contributed by atoms with Gasteiger partial charge in [0.2, 0.25) is 0 Å². The molecule has 0 aliphatic carbocycles. The van der Waals surface area contributed by atoms with E-state index >= 15 is 0 Å². The highest BCUT2D eigenvalue weighted by Gasteiger charge is 2.24. The van der Waals surface area contributed by atoms with E-state index in [0.29, 0.717) is 31.3 Å². The number of amides is 3. The van der Waals surface area contributed by atoms with Gasteiger partial charge >= 0.3 is 12.0 Å². The van der Waals surface area contributed by atoms with Crippen LogP contribution in [0.15, 0.2) is 42.6 Å². The number of pyridine rings is 1. The van der Waals surface area contributed by atoms with Crippen molar-refractivity contribution in [3.63, 3.8) is 0 Å². The number of aliphatic carboxylic acids is 1. The maximum absolute atomic E-state index is 12.3. The predicted molar refractivity (Wildman–Crippen MR) is 153 cm³/mol. The highest BCUT2D eigenvalue weighted by molar-refractivity contribution is 5.96. The summed E-state index contributed by atoms with van der Waals surface area (Å²) in [6.45, 7) is 5.57. The van der Waals surface area contributed by atoms with Crippen LogP contribution in [0, 0.1) is 12.8 Å². The fourth-order valence-corrected chi connectivity index (χ4v) is 4.70. The molecule has 12 nitrogen and oxygen atoms in total. The number of aromatic nitrogens is 3. The van der Waals surface area contributed by atoms with Gasteiger partial charge in [0.1, 0.15) is 18.2 Å². The molecule has 41 heavy (non-hydrogen) atoms. The molecule has 1 fully saturated rings. The molecule has 3 amide bonds. The van der Waals surface area contributed by atoms with Crippen LogP contribution in [0.3, 0.4) is 0 Å². The van der Waals surface area contributed by atoms with Crippen LogP contribution in [0.1, 0.15) is 47.3 Å². The SMILES string of the molecule is CCNC(=O)NCc1ccc(-c2ccc(N3CCC(Cc4nc(C)c(O)c(C(=O)NCC(=O)O)n4)CC3)nc2)cc1. The molecule has 0 radical (unpaired) electrons. The van der Waals surface area contributed by atoms with Crippen molar-refractivity contribution in [2.45, 2.75) is 39.7 Å². The number of hydrogen-bond donors (Lipinski definition) is 5. The molecule has 2 aromatic heterocycles. The molecule has 0 bridgehead atoms. The third kappa shape index (κ3) is 7.90. The van der Waals surface area contributed by atoms with Gasteiger partial charge in [-0.05, 0) is 55.9 Å². The van der Waals surface area contributed by atoms with Crippen molar-refractivity contribution in [1.82, 2.24) is 30.9 Å². The van der Waals surface area contributed by atoms with E-state index in [1.54, 1.807) is 6.92 Å². The van der Waals surface area contributed by atoms with Crippen molar-refractivity contribution in [2.24, 2.45) is 5.92 Å². The fraction of sp³-hybridized carbons (Fsp3) is 0.379. The van der Waals surface area contributed by atoms with E-state index in [-0.39, 0.29) is 23.2 Å². The van der Waals surface area contributed by atoms with Crippen molar-refractivity contribution in [2.75, 3.05) is 31.1 Å². The number of carboxylic acid groups (broad SMARTS) is 1. The summed E-state index contributed by atoms with van der Waals surface area (Å²) in [6.07, 6.45) is 4.20. The van der Waals surface area contributed by atoms with Crippen LogP contribution in [0.2, 0.25) is 0 Å². The molecular formula is C29H35N7O5. The lowest BCUT2D eigenvalue weighted by Gasteiger charge is -2.32. The summed E-state index contributed by atoms with van der Waals surface area (Å²) < 4.78 is 0. The normalized spacial score (nSPS) is 13.5. The zero-order valence-corrected chi connectivity index (χ0v) is 23.2. The third-order valence-corrected chi connectivity index (χ3v) is 6.96. The van der Waals surface area contributed by atoms with Crippen LogP contribution < -0.4 is 20.9 Å². The number of benzene rings is 1. The summed E-state index contributed by atoms with van der Waals surface area (Å²) in [4.78, 5) is 50.2. The summed E-state index contributed by atoms with van der Waals surface area (Å²) in [5, 5.41) is 26.8. The Balaban J connectivity index is 1.31. The van der Waals surface area contributed by atoms with E-state index in [2.05, 4.69) is 36.9 Å². The number of anilines is 1. The van der Waals surface area contributed by atoms with Gasteiger partial charge in [-0.1, -0.05) is 24.3 Å². The molecule has 216 valence electrons. The molecule has 0 saturated carbocycles. The molecule has 0 unspecified atom stereocenters. The quantitative estimate of drug-likeness (QED) is 0.250. The van der Waals surface area contributed by atoms with Crippen LogP contribution >= 0.6 is 0 Å². The molecule has 1 aromatic carbocycles. The summed E-state index contributed by atoms with van der Waals surface area (Å²) in [5.41, 5.74) is 3.14. The van der Waals surface area contributed by atoms with Crippen LogP contribution in [-0.4, -0.2) is 69.3 Å². The number of hydrogen-bond acceptors (Lipinski definition) is 8. The number of rotatable bonds is 10. The molecule has 3 heterocycles. The lowest BCUT2D eigenvalue weighted by molar-refractivity contribution is -0.135. The minimum absolute atomic E-state index is 0.183. The highest BCUT2D eigenvalue weighted by atomic mass is 16.4. The van der Waals surface area contributed by atoms with Crippen LogP contribution in [0.5, 0.6) is 5.75 Å². The molecule has 1 aliphatic rings. The lowest BCUT2D eigenvalue weighted by atomic mass is 9.93. The number of nitrogens with zero attached hydrogens (tertiary/aromatic N) is 4. The Morgan fingerprint density at radius 1 is 0.976 bits per heavy atom. The summed E-state index contributed by atoms with van der Waals surface area (Å²) in [7, 11) is 0. The molecule has 0 atom stereocenters. The van der Waals surface area contributed by atoms with Crippen molar-refractivity contribution >= 4 is 23.7 Å². The number of carbonyl (C=O) groups is 3. The van der Waals surface area contributed by atoms with Gasteiger partial charge in [0.25, 0.3) is 5.91 Å². The highest BCUT2D eigenvalue weighted by Crippen LogP contribution is 2.27. The minimum atomic E-state index is -1.18. The Bertz CT molecular complexity index is 1370. The first-order valence-electron chi connectivity index (χ1n) is 13.6. The number of aromatic hydroxyl groups is 1. The van der Waals surface area contributed by atoms with E-state index in [1.807, 2.05) is 43.5 Å². The smallest absolute Gasteiger partial charge is 0.322 e. The van der Waals surface area contributed by atoms with Gasteiger partial charge in [-0.3, -0.25) is 9.59 Å². The predicted octanol–water partition coefficient (Wildman–Crippen LogP) is 2.65. The maximum atomic E-state index is 12.3. The van der Waals surface area contributed by atoms with Crippen LogP contribution in [0.4, 0.5) is 10.6 Å². The van der Waals surface area contributed by atoms with Gasteiger partial charge < -0.3 is 31.1 Å². The van der Waals surface area contributed by atoms with Crippen molar-refractivity contribution < 1.29 is 24.6 Å². The summed E-state index contributed by atoms with van der Waals surface area (Å²) in [5.74, 6) is -0.615. The van der Waals surface area contributed by atoms with Gasteiger partial charge in [0.15, 0.2) is 11.4 Å². The average Bonchev–Trinajstić information content (AvgIpc) is 2.97. The summed E-state index contributed by atoms with van der Waals surface area (Å²) in [6, 6.07) is 11.9. The molecule has 12 heteroatoms. The van der Waals surface area contributed by atoms with Gasteiger partial charge in [0, 0.05) is 44.4 Å². The largest absolute Gasteiger partial charge is 0.504 e. The zero-order valence-electron chi connectivity index (χ0n) is 23.2. The maximum Gasteiger partial charge on any atom is 0.322 e. The third-order valence-electron chi connectivity index (χ3n) is 6.96. The molecule has 3 aromatic rings. The van der Waals surface area contributed by atoms with Crippen molar-refractivity contribution in [3.05, 3.63) is 65.4 Å². The number of carboxylic acids is 1. The second kappa shape index (κ2) is 13.6. The zero-order chi connectivity index (χ0) is 29.4. The Morgan fingerprint density at radius 2 is 1.68 bits per heavy atom. The van der Waals surface area contributed by atoms with E-state index in [4.69, 9.17) is 10.1 Å². The lowest BCUT2D eigenvalue weighted by Crippen LogP contribution is -2.35. The first-order chi connectivity index (χ1) is 19.7. The number of carbonyl (C=O) groups excluding carboxylic acids is 2. The van der Waals surface area contributed by atoms with Crippen LogP contribution in [-0.2, 0) is 17.8 Å². The van der Waals surface area contributed by atoms with E-state index in [9.17, 15) is 19.5 Å². The first-order valence-corrected chi connectivity index (χ1v) is 13.6. The number of piperidine rings is 1. The Labute approximate surface area is 238 Å². The van der Waals surface area contributed by atoms with Crippen LogP contribution in [0.25, 0.3) is 11.1 Å². The Kier molecular flexibility index (Phi) is 9.67. The van der Waals surface area contributed by atoms with E-state index in [0.717, 1.165) is 48.4 Å². The van der Waals surface area contributed by atoms with Crippen molar-refractivity contribution in [3.8, 4) is 16.9 Å². The standard InChI is InChI=1S/C29H35N7O5/c1-3-30-29(41)33-15-20-4-6-21(7-5-20)22-8-9-24(31-16-22)36-12-10-19(11-13-36)14-23-34-18(2)27(39)26(35-23)28(40)32-17-25(37)38/h4-9,16,19,39H,3,10-15,17H2,1-2H3,(H,32,40)(H,37,38)(H2,30,33,41). The number of aryl methyl sites for hydroxylation is 1. The summed E-state index contributed by atoms with van der Waals surface area (Å²) >= 11 is 0. The molecule has 5 N–H and O–H groups in total. The minimum Gasteiger partial charge on any atom is -0.504 e. The second-order valence-electron chi connectivity index (χ2n) is 9.95. The monoisotopic (exact) mass is 561 g/mol. The van der Waals surface area contributed by atoms with Gasteiger partial charge in [-0.2, -0.15) is 0 Å². The second-order valence-corrected chi connectivity index (χ2v) is 9.95. The Morgan fingerprint density at radius 3 is 2.32 bits per heavy atom. The molecule has 1 aliphatic heterocycles. The van der Waals surface area contributed by atoms with E-state index in [1.165, 1.54) is 0 Å². The first kappa shape index (κ1) is 29.2. The molecular weight excluding hydrogens is 526 g/mol. The fourth-order valence-electron chi connectivity index (χ4n) is 4.70.